The summed E-state index contributed by atoms with van der Waals surface area (Å²) >= 11 is 0. The Kier molecular flexibility index (Phi) is 4.69. The van der Waals surface area contributed by atoms with Crippen LogP contribution >= 0.6 is 0 Å². The quantitative estimate of drug-likeness (QED) is 0.616. The third-order valence-electron chi connectivity index (χ3n) is 5.21. The smallest absolute Gasteiger partial charge is 0.231 e. The number of hydrogen-bond donors (Lipinski definition) is 0. The van der Waals surface area contributed by atoms with Gasteiger partial charge in [0.1, 0.15) is 24.0 Å². The molecule has 5 rings (SSSR count). The van der Waals surface area contributed by atoms with E-state index in [9.17, 15) is 4.79 Å². The zero-order valence-electron chi connectivity index (χ0n) is 16.5. The van der Waals surface area contributed by atoms with E-state index in [1.165, 1.54) is 0 Å². The molecule has 2 aliphatic heterocycles. The van der Waals surface area contributed by atoms with Crippen molar-refractivity contribution in [1.29, 1.82) is 0 Å². The lowest BCUT2D eigenvalue weighted by atomic mass is 10.0. The van der Waals surface area contributed by atoms with E-state index < -0.39 is 0 Å². The van der Waals surface area contributed by atoms with Crippen molar-refractivity contribution < 1.29 is 19.0 Å². The van der Waals surface area contributed by atoms with Crippen LogP contribution in [0.5, 0.6) is 17.2 Å². The Hall–Kier alpha value is -3.64. The number of carbonyl (C=O) groups is 1. The highest BCUT2D eigenvalue weighted by molar-refractivity contribution is 6.15. The Bertz CT molecular complexity index is 1120. The molecule has 0 unspecified atom stereocenters. The first-order valence-electron chi connectivity index (χ1n) is 9.70. The highest BCUT2D eigenvalue weighted by Gasteiger charge is 2.33. The fraction of sp³-hybridized carbons (Fsp3) is 0.167. The first-order chi connectivity index (χ1) is 14.7. The number of carbonyl (C=O) groups excluding carboxylic acids is 1. The minimum atomic E-state index is -0.120. The van der Waals surface area contributed by atoms with Gasteiger partial charge in [-0.25, -0.2) is 0 Å². The molecule has 3 heterocycles. The molecule has 0 atom stereocenters. The van der Waals surface area contributed by atoms with Gasteiger partial charge in [0.25, 0.3) is 0 Å². The Morgan fingerprint density at radius 1 is 1.13 bits per heavy atom. The summed E-state index contributed by atoms with van der Waals surface area (Å²) in [5, 5.41) is 0. The third kappa shape index (κ3) is 3.42. The van der Waals surface area contributed by atoms with E-state index in [0.717, 1.165) is 28.3 Å². The maximum atomic E-state index is 12.9. The van der Waals surface area contributed by atoms with Crippen LogP contribution in [-0.2, 0) is 13.1 Å². The van der Waals surface area contributed by atoms with E-state index in [1.807, 2.05) is 48.5 Å². The Labute approximate surface area is 174 Å². The molecule has 0 amide bonds. The van der Waals surface area contributed by atoms with Crippen molar-refractivity contribution in [3.8, 4) is 17.2 Å². The van der Waals surface area contributed by atoms with Gasteiger partial charge in [-0.3, -0.25) is 14.7 Å². The van der Waals surface area contributed by atoms with Crippen LogP contribution in [0, 0.1) is 0 Å². The van der Waals surface area contributed by atoms with Gasteiger partial charge in [0.05, 0.1) is 23.9 Å². The number of ether oxygens (including phenoxy) is 3. The molecule has 0 bridgehead atoms. The van der Waals surface area contributed by atoms with Crippen molar-refractivity contribution in [3.63, 3.8) is 0 Å². The Morgan fingerprint density at radius 3 is 2.77 bits per heavy atom. The van der Waals surface area contributed by atoms with Gasteiger partial charge in [-0.15, -0.1) is 0 Å². The summed E-state index contributed by atoms with van der Waals surface area (Å²) in [5.74, 6) is 2.29. The summed E-state index contributed by atoms with van der Waals surface area (Å²) in [7, 11) is 1.62. The largest absolute Gasteiger partial charge is 0.497 e. The van der Waals surface area contributed by atoms with E-state index in [1.54, 1.807) is 25.4 Å². The molecule has 0 spiro atoms. The summed E-state index contributed by atoms with van der Waals surface area (Å²) in [6, 6.07) is 17.0. The molecule has 0 radical (unpaired) electrons. The molecule has 0 saturated carbocycles. The standard InChI is InChI=1S/C24H20N2O4/c1-28-18-7-5-16(6-8-18)12-22-23(27)19-9-10-21-20(24(19)30-22)14-26(15-29-21)13-17-4-2-3-11-25-17/h2-12H,13-15H2,1H3/b22-12-. The summed E-state index contributed by atoms with van der Waals surface area (Å²) in [4.78, 5) is 19.4. The molecule has 150 valence electrons. The number of benzene rings is 2. The van der Waals surface area contributed by atoms with Gasteiger partial charge in [0, 0.05) is 19.3 Å². The Morgan fingerprint density at radius 2 is 2.00 bits per heavy atom. The van der Waals surface area contributed by atoms with Crippen LogP contribution in [-0.4, -0.2) is 29.5 Å². The molecule has 0 fully saturated rings. The topological polar surface area (TPSA) is 60.9 Å². The molecule has 6 heteroatoms. The highest BCUT2D eigenvalue weighted by atomic mass is 16.5. The number of fused-ring (bicyclic) bond motifs is 3. The highest BCUT2D eigenvalue weighted by Crippen LogP contribution is 2.42. The average molecular weight is 400 g/mol. The maximum Gasteiger partial charge on any atom is 0.231 e. The lowest BCUT2D eigenvalue weighted by molar-refractivity contribution is 0.0861. The molecule has 2 aliphatic rings. The zero-order valence-corrected chi connectivity index (χ0v) is 16.5. The van der Waals surface area contributed by atoms with Gasteiger partial charge in [0.2, 0.25) is 5.78 Å². The minimum Gasteiger partial charge on any atom is -0.497 e. The molecular formula is C24H20N2O4. The molecule has 30 heavy (non-hydrogen) atoms. The SMILES string of the molecule is COc1ccc(/C=C2\Oc3c(ccc4c3CN(Cc3ccccn3)CO4)C2=O)cc1. The van der Waals surface area contributed by atoms with Crippen molar-refractivity contribution in [1.82, 2.24) is 9.88 Å². The van der Waals surface area contributed by atoms with Crippen LogP contribution in [0.15, 0.2) is 66.6 Å². The van der Waals surface area contributed by atoms with E-state index in [0.29, 0.717) is 36.9 Å². The second kappa shape index (κ2) is 7.65. The number of Topliss-reactive ketones (excluding diaryl/α,β-unsaturated/α-hetero) is 1. The summed E-state index contributed by atoms with van der Waals surface area (Å²) in [5.41, 5.74) is 3.29. The molecule has 2 aromatic carbocycles. The fourth-order valence-corrected chi connectivity index (χ4v) is 3.68. The molecule has 0 aliphatic carbocycles. The van der Waals surface area contributed by atoms with Crippen molar-refractivity contribution in [2.75, 3.05) is 13.8 Å². The first-order valence-corrected chi connectivity index (χ1v) is 9.70. The minimum absolute atomic E-state index is 0.120. The number of methoxy groups -OCH3 is 1. The number of nitrogens with zero attached hydrogens (tertiary/aromatic N) is 2. The molecule has 6 nitrogen and oxygen atoms in total. The van der Waals surface area contributed by atoms with Crippen LogP contribution in [0.2, 0.25) is 0 Å². The Balaban J connectivity index is 1.41. The van der Waals surface area contributed by atoms with E-state index >= 15 is 0 Å². The molecule has 0 saturated heterocycles. The number of pyridine rings is 1. The maximum absolute atomic E-state index is 12.9. The summed E-state index contributed by atoms with van der Waals surface area (Å²) < 4.78 is 17.1. The van der Waals surface area contributed by atoms with Crippen LogP contribution < -0.4 is 14.2 Å². The normalized spacial score (nSPS) is 16.6. The van der Waals surface area contributed by atoms with Crippen molar-refractivity contribution in [3.05, 3.63) is 88.9 Å². The van der Waals surface area contributed by atoms with Gasteiger partial charge in [-0.2, -0.15) is 0 Å². The molecule has 3 aromatic rings. The number of ketones is 1. The molecule has 0 N–H and O–H groups in total. The zero-order chi connectivity index (χ0) is 20.5. The van der Waals surface area contributed by atoms with Crippen LogP contribution in [0.25, 0.3) is 6.08 Å². The van der Waals surface area contributed by atoms with E-state index in [4.69, 9.17) is 14.2 Å². The number of rotatable bonds is 4. The predicted octanol–water partition coefficient (Wildman–Crippen LogP) is 4.06. The molecular weight excluding hydrogens is 380 g/mol. The second-order valence-electron chi connectivity index (χ2n) is 7.21. The predicted molar refractivity (Wildman–Crippen MR) is 111 cm³/mol. The lowest BCUT2D eigenvalue weighted by Crippen LogP contribution is -2.32. The van der Waals surface area contributed by atoms with Gasteiger partial charge < -0.3 is 14.2 Å². The number of hydrogen-bond acceptors (Lipinski definition) is 6. The number of aromatic nitrogens is 1. The second-order valence-corrected chi connectivity index (χ2v) is 7.21. The monoisotopic (exact) mass is 400 g/mol. The van der Waals surface area contributed by atoms with Crippen LogP contribution in [0.1, 0.15) is 27.2 Å². The van der Waals surface area contributed by atoms with Crippen molar-refractivity contribution in [2.45, 2.75) is 13.1 Å². The average Bonchev–Trinajstić information content (AvgIpc) is 3.11. The fourth-order valence-electron chi connectivity index (χ4n) is 3.68. The first kappa shape index (κ1) is 18.4. The van der Waals surface area contributed by atoms with Crippen molar-refractivity contribution in [2.24, 2.45) is 0 Å². The van der Waals surface area contributed by atoms with Gasteiger partial charge in [-0.1, -0.05) is 18.2 Å². The lowest BCUT2D eigenvalue weighted by Gasteiger charge is -2.29. The van der Waals surface area contributed by atoms with Crippen LogP contribution in [0.3, 0.4) is 0 Å². The summed E-state index contributed by atoms with van der Waals surface area (Å²) in [6.45, 7) is 1.75. The van der Waals surface area contributed by atoms with Gasteiger partial charge >= 0.3 is 0 Å². The van der Waals surface area contributed by atoms with Gasteiger partial charge in [-0.05, 0) is 48.0 Å². The van der Waals surface area contributed by atoms with Crippen LogP contribution in [0.4, 0.5) is 0 Å². The van der Waals surface area contributed by atoms with Gasteiger partial charge in [0.15, 0.2) is 5.76 Å². The number of allylic oxidation sites excluding steroid dienone is 1. The van der Waals surface area contributed by atoms with E-state index in [2.05, 4.69) is 9.88 Å². The third-order valence-corrected chi connectivity index (χ3v) is 5.21. The molecule has 1 aromatic heterocycles. The van der Waals surface area contributed by atoms with E-state index in [-0.39, 0.29) is 5.78 Å². The van der Waals surface area contributed by atoms with Crippen molar-refractivity contribution >= 4 is 11.9 Å². The summed E-state index contributed by atoms with van der Waals surface area (Å²) in [6.07, 6.45) is 3.54.